The van der Waals surface area contributed by atoms with Gasteiger partial charge in [-0.05, 0) is 25.1 Å². The second kappa shape index (κ2) is 5.81. The van der Waals surface area contributed by atoms with Crippen LogP contribution in [0.25, 0.3) is 0 Å². The molecule has 0 aliphatic carbocycles. The summed E-state index contributed by atoms with van der Waals surface area (Å²) in [5.74, 6) is 0.328. The van der Waals surface area contributed by atoms with Crippen LogP contribution in [0, 0.1) is 0 Å². The molecule has 6 heteroatoms. The minimum Gasteiger partial charge on any atom is -0.494 e. The largest absolute Gasteiger partial charge is 0.494 e. The maximum absolute atomic E-state index is 10.6. The Morgan fingerprint density at radius 3 is 2.63 bits per heavy atom. The molecular weight excluding hydrogens is 248 g/mol. The van der Waals surface area contributed by atoms with Gasteiger partial charge in [-0.25, -0.2) is 4.79 Å². The lowest BCUT2D eigenvalue weighted by molar-refractivity contribution is 0.0689. The average molecular weight is 260 g/mol. The fourth-order valence-corrected chi connectivity index (χ4v) is 1.40. The molecule has 1 aromatic carbocycles. The molecule has 0 bridgehead atoms. The number of aromatic carboxylic acids is 1. The van der Waals surface area contributed by atoms with Crippen LogP contribution >= 0.6 is 0 Å². The van der Waals surface area contributed by atoms with Crippen LogP contribution in [0.1, 0.15) is 17.4 Å². The highest BCUT2D eigenvalue weighted by molar-refractivity contribution is 5.84. The van der Waals surface area contributed by atoms with E-state index >= 15 is 0 Å². The smallest absolute Gasteiger partial charge is 0.356 e. The van der Waals surface area contributed by atoms with Crippen molar-refractivity contribution >= 4 is 5.97 Å². The molecule has 0 saturated carbocycles. The van der Waals surface area contributed by atoms with Gasteiger partial charge in [0.25, 0.3) is 0 Å². The number of carboxylic acid groups (broad SMARTS) is 1. The lowest BCUT2D eigenvalue weighted by Gasteiger charge is -2.06. The summed E-state index contributed by atoms with van der Waals surface area (Å²) in [5, 5.41) is 15.9. The maximum atomic E-state index is 10.6. The molecule has 2 rings (SSSR count). The molecule has 0 fully saturated rings. The summed E-state index contributed by atoms with van der Waals surface area (Å²) in [6, 6.07) is 9.85. The molecular formula is C13H12N2O4. The zero-order chi connectivity index (χ0) is 13.7. The Morgan fingerprint density at radius 2 is 2.00 bits per heavy atom. The summed E-state index contributed by atoms with van der Waals surface area (Å²) >= 11 is 0. The number of rotatable bonds is 5. The van der Waals surface area contributed by atoms with Gasteiger partial charge in [0, 0.05) is 12.1 Å². The van der Waals surface area contributed by atoms with Crippen molar-refractivity contribution in [3.05, 3.63) is 42.1 Å². The molecule has 6 nitrogen and oxygen atoms in total. The second-order valence-electron chi connectivity index (χ2n) is 3.57. The predicted molar refractivity (Wildman–Crippen MR) is 66.7 cm³/mol. The van der Waals surface area contributed by atoms with Crippen molar-refractivity contribution < 1.29 is 19.4 Å². The van der Waals surface area contributed by atoms with E-state index in [2.05, 4.69) is 10.2 Å². The fourth-order valence-electron chi connectivity index (χ4n) is 1.40. The number of ether oxygens (including phenoxy) is 2. The van der Waals surface area contributed by atoms with Gasteiger partial charge in [0.2, 0.25) is 5.88 Å². The number of aromatic nitrogens is 2. The number of carboxylic acids is 1. The molecule has 0 unspecified atom stereocenters. The van der Waals surface area contributed by atoms with E-state index in [4.69, 9.17) is 14.6 Å². The molecule has 19 heavy (non-hydrogen) atoms. The summed E-state index contributed by atoms with van der Waals surface area (Å²) in [4.78, 5) is 10.6. The Balaban J connectivity index is 2.12. The SMILES string of the molecule is CCOc1cccc(Oc2ccc(C(=O)O)nn2)c1. The van der Waals surface area contributed by atoms with Gasteiger partial charge in [-0.3, -0.25) is 0 Å². The highest BCUT2D eigenvalue weighted by atomic mass is 16.5. The molecule has 1 heterocycles. The molecule has 2 aromatic rings. The van der Waals surface area contributed by atoms with E-state index in [9.17, 15) is 4.79 Å². The average Bonchev–Trinajstić information content (AvgIpc) is 2.40. The molecule has 0 aliphatic rings. The van der Waals surface area contributed by atoms with Crippen LogP contribution in [0.5, 0.6) is 17.4 Å². The van der Waals surface area contributed by atoms with Crippen LogP contribution in [-0.2, 0) is 0 Å². The van der Waals surface area contributed by atoms with E-state index in [0.29, 0.717) is 18.1 Å². The van der Waals surface area contributed by atoms with Gasteiger partial charge in [0.1, 0.15) is 11.5 Å². The predicted octanol–water partition coefficient (Wildman–Crippen LogP) is 2.37. The number of carbonyl (C=O) groups is 1. The molecule has 0 atom stereocenters. The third kappa shape index (κ3) is 3.41. The summed E-state index contributed by atoms with van der Waals surface area (Å²) in [6.45, 7) is 2.46. The van der Waals surface area contributed by atoms with E-state index < -0.39 is 5.97 Å². The lowest BCUT2D eigenvalue weighted by Crippen LogP contribution is -2.02. The van der Waals surface area contributed by atoms with Crippen LogP contribution in [-0.4, -0.2) is 27.9 Å². The molecule has 0 saturated heterocycles. The Kier molecular flexibility index (Phi) is 3.92. The van der Waals surface area contributed by atoms with Gasteiger partial charge in [-0.2, -0.15) is 0 Å². The van der Waals surface area contributed by atoms with Crippen LogP contribution < -0.4 is 9.47 Å². The minimum absolute atomic E-state index is 0.129. The number of nitrogens with zero attached hydrogens (tertiary/aromatic N) is 2. The fraction of sp³-hybridized carbons (Fsp3) is 0.154. The van der Waals surface area contributed by atoms with E-state index in [1.165, 1.54) is 12.1 Å². The maximum Gasteiger partial charge on any atom is 0.356 e. The van der Waals surface area contributed by atoms with Crippen molar-refractivity contribution in [2.24, 2.45) is 0 Å². The van der Waals surface area contributed by atoms with Gasteiger partial charge in [-0.15, -0.1) is 10.2 Å². The molecule has 0 spiro atoms. The zero-order valence-corrected chi connectivity index (χ0v) is 10.2. The van der Waals surface area contributed by atoms with Crippen molar-refractivity contribution in [3.63, 3.8) is 0 Å². The molecule has 98 valence electrons. The first-order valence-corrected chi connectivity index (χ1v) is 5.67. The summed E-state index contributed by atoms with van der Waals surface area (Å²) in [5.41, 5.74) is -0.129. The topological polar surface area (TPSA) is 81.5 Å². The summed E-state index contributed by atoms with van der Waals surface area (Å²) in [6.07, 6.45) is 0. The zero-order valence-electron chi connectivity index (χ0n) is 10.2. The number of benzene rings is 1. The third-order valence-corrected chi connectivity index (χ3v) is 2.20. The van der Waals surface area contributed by atoms with Gasteiger partial charge in [-0.1, -0.05) is 6.07 Å². The van der Waals surface area contributed by atoms with Crippen LogP contribution in [0.3, 0.4) is 0 Å². The first kappa shape index (κ1) is 12.8. The Morgan fingerprint density at radius 1 is 1.21 bits per heavy atom. The molecule has 0 aliphatic heterocycles. The van der Waals surface area contributed by atoms with Crippen LogP contribution in [0.4, 0.5) is 0 Å². The van der Waals surface area contributed by atoms with Crippen molar-refractivity contribution in [2.45, 2.75) is 6.92 Å². The lowest BCUT2D eigenvalue weighted by atomic mass is 10.3. The summed E-state index contributed by atoms with van der Waals surface area (Å²) < 4.78 is 10.8. The standard InChI is InChI=1S/C13H12N2O4/c1-2-18-9-4-3-5-10(8-9)19-12-7-6-11(13(16)17)14-15-12/h3-8H,2H2,1H3,(H,16,17). The van der Waals surface area contributed by atoms with E-state index in [1.807, 2.05) is 13.0 Å². The van der Waals surface area contributed by atoms with Gasteiger partial charge in [0.05, 0.1) is 6.61 Å². The number of hydrogen-bond acceptors (Lipinski definition) is 5. The minimum atomic E-state index is -1.13. The van der Waals surface area contributed by atoms with Crippen molar-refractivity contribution in [1.29, 1.82) is 0 Å². The van der Waals surface area contributed by atoms with E-state index in [0.717, 1.165) is 0 Å². The highest BCUT2D eigenvalue weighted by Gasteiger charge is 2.06. The third-order valence-electron chi connectivity index (χ3n) is 2.20. The summed E-state index contributed by atoms with van der Waals surface area (Å²) in [7, 11) is 0. The highest BCUT2D eigenvalue weighted by Crippen LogP contribution is 2.23. The normalized spacial score (nSPS) is 9.95. The molecule has 1 aromatic heterocycles. The Labute approximate surface area is 109 Å². The molecule has 0 radical (unpaired) electrons. The van der Waals surface area contributed by atoms with Crippen molar-refractivity contribution in [2.75, 3.05) is 6.61 Å². The van der Waals surface area contributed by atoms with Crippen LogP contribution in [0.2, 0.25) is 0 Å². The quantitative estimate of drug-likeness (QED) is 0.888. The monoisotopic (exact) mass is 260 g/mol. The van der Waals surface area contributed by atoms with Crippen molar-refractivity contribution in [3.8, 4) is 17.4 Å². The van der Waals surface area contributed by atoms with E-state index in [-0.39, 0.29) is 11.6 Å². The Hall–Kier alpha value is -2.63. The van der Waals surface area contributed by atoms with Gasteiger partial charge >= 0.3 is 5.97 Å². The van der Waals surface area contributed by atoms with Crippen molar-refractivity contribution in [1.82, 2.24) is 10.2 Å². The molecule has 1 N–H and O–H groups in total. The Bertz CT molecular complexity index is 569. The van der Waals surface area contributed by atoms with Gasteiger partial charge in [0.15, 0.2) is 5.69 Å². The van der Waals surface area contributed by atoms with Crippen LogP contribution in [0.15, 0.2) is 36.4 Å². The van der Waals surface area contributed by atoms with Gasteiger partial charge < -0.3 is 14.6 Å². The molecule has 0 amide bonds. The second-order valence-corrected chi connectivity index (χ2v) is 3.57. The van der Waals surface area contributed by atoms with E-state index in [1.54, 1.807) is 18.2 Å². The number of hydrogen-bond donors (Lipinski definition) is 1. The first-order chi connectivity index (χ1) is 9.19. The first-order valence-electron chi connectivity index (χ1n) is 5.67.